The van der Waals surface area contributed by atoms with Gasteiger partial charge in [0, 0.05) is 31.4 Å². The van der Waals surface area contributed by atoms with Crippen LogP contribution >= 0.6 is 0 Å². The minimum atomic E-state index is -0.948. The Labute approximate surface area is 148 Å². The van der Waals surface area contributed by atoms with Gasteiger partial charge in [0.1, 0.15) is 0 Å². The Hall–Kier alpha value is -1.98. The normalized spacial score (nSPS) is 13.5. The van der Waals surface area contributed by atoms with Crippen LogP contribution in [0.25, 0.3) is 0 Å². The highest BCUT2D eigenvalue weighted by atomic mass is 19.2. The molecule has 3 nitrogen and oxygen atoms in total. The highest BCUT2D eigenvalue weighted by Gasteiger charge is 2.17. The lowest BCUT2D eigenvalue weighted by Gasteiger charge is -2.22. The summed E-state index contributed by atoms with van der Waals surface area (Å²) in [4.78, 5) is 2.27. The topological polar surface area (TPSA) is 35.5 Å². The Morgan fingerprint density at radius 3 is 2.20 bits per heavy atom. The van der Waals surface area contributed by atoms with Crippen LogP contribution in [-0.2, 0) is 6.54 Å². The van der Waals surface area contributed by atoms with E-state index in [4.69, 9.17) is 0 Å². The van der Waals surface area contributed by atoms with E-state index in [0.29, 0.717) is 12.1 Å². The molecular weight excluding hydrogens is 322 g/mol. The van der Waals surface area contributed by atoms with Gasteiger partial charge in [0.25, 0.3) is 0 Å². The average molecular weight is 348 g/mol. The summed E-state index contributed by atoms with van der Waals surface area (Å²) in [7, 11) is 0. The van der Waals surface area contributed by atoms with Crippen molar-refractivity contribution >= 4 is 5.69 Å². The number of aliphatic hydroxyl groups excluding tert-OH is 1. The summed E-state index contributed by atoms with van der Waals surface area (Å²) in [5.41, 5.74) is 2.64. The molecule has 5 heteroatoms. The molecule has 25 heavy (non-hydrogen) atoms. The number of hydrogen-bond donors (Lipinski definition) is 2. The van der Waals surface area contributed by atoms with E-state index in [9.17, 15) is 13.9 Å². The fourth-order valence-electron chi connectivity index (χ4n) is 2.79. The number of benzene rings is 2. The van der Waals surface area contributed by atoms with E-state index >= 15 is 0 Å². The van der Waals surface area contributed by atoms with Gasteiger partial charge in [-0.2, -0.15) is 0 Å². The van der Waals surface area contributed by atoms with Crippen molar-refractivity contribution in [3.8, 4) is 0 Å². The van der Waals surface area contributed by atoms with Crippen LogP contribution in [0.3, 0.4) is 0 Å². The minimum absolute atomic E-state index is 0.299. The van der Waals surface area contributed by atoms with Gasteiger partial charge in [0.15, 0.2) is 11.6 Å². The lowest BCUT2D eigenvalue weighted by atomic mass is 10.0. The van der Waals surface area contributed by atoms with Gasteiger partial charge in [-0.05, 0) is 56.2 Å². The van der Waals surface area contributed by atoms with Crippen molar-refractivity contribution < 1.29 is 13.9 Å². The first kappa shape index (κ1) is 19.3. The third-order valence-corrected chi connectivity index (χ3v) is 4.45. The monoisotopic (exact) mass is 348 g/mol. The minimum Gasteiger partial charge on any atom is -0.387 e. The molecule has 0 radical (unpaired) electrons. The van der Waals surface area contributed by atoms with Crippen LogP contribution in [0.2, 0.25) is 0 Å². The van der Waals surface area contributed by atoms with E-state index in [0.717, 1.165) is 30.8 Å². The number of nitrogens with zero attached hydrogens (tertiary/aromatic N) is 1. The average Bonchev–Trinajstić information content (AvgIpc) is 2.63. The SMILES string of the molecule is CCN(CC)c1ccc(CN[C@@H](C)[C@H](O)c2ccc(F)c(F)c2)cc1. The molecule has 0 amide bonds. The molecule has 2 N–H and O–H groups in total. The van der Waals surface area contributed by atoms with Gasteiger partial charge in [-0.1, -0.05) is 18.2 Å². The number of nitrogens with one attached hydrogen (secondary N) is 1. The largest absolute Gasteiger partial charge is 0.387 e. The zero-order chi connectivity index (χ0) is 18.4. The Balaban J connectivity index is 1.94. The maximum absolute atomic E-state index is 13.3. The van der Waals surface area contributed by atoms with Crippen molar-refractivity contribution in [1.29, 1.82) is 0 Å². The van der Waals surface area contributed by atoms with Gasteiger partial charge in [0.05, 0.1) is 6.10 Å². The summed E-state index contributed by atoms with van der Waals surface area (Å²) in [6, 6.07) is 11.5. The molecule has 0 heterocycles. The molecule has 0 saturated carbocycles. The molecule has 0 aliphatic rings. The second kappa shape index (κ2) is 8.92. The molecular formula is C20H26F2N2O. The highest BCUT2D eigenvalue weighted by molar-refractivity contribution is 5.47. The smallest absolute Gasteiger partial charge is 0.159 e. The van der Waals surface area contributed by atoms with Gasteiger partial charge >= 0.3 is 0 Å². The standard InChI is InChI=1S/C20H26F2N2O/c1-4-24(5-2)17-9-6-15(7-10-17)13-23-14(3)20(25)16-8-11-18(21)19(22)12-16/h6-12,14,20,23,25H,4-5,13H2,1-3H3/t14-,20-/m0/s1. The Kier molecular flexibility index (Phi) is 6.91. The summed E-state index contributed by atoms with van der Waals surface area (Å²) < 4.78 is 26.3. The van der Waals surface area contributed by atoms with Crippen molar-refractivity contribution in [3.05, 3.63) is 65.2 Å². The maximum Gasteiger partial charge on any atom is 0.159 e. The lowest BCUT2D eigenvalue weighted by molar-refractivity contribution is 0.135. The van der Waals surface area contributed by atoms with Crippen LogP contribution in [0, 0.1) is 11.6 Å². The molecule has 2 aromatic rings. The molecule has 0 saturated heterocycles. The summed E-state index contributed by atoms with van der Waals surface area (Å²) in [6.45, 7) is 8.58. The molecule has 2 rings (SSSR count). The Morgan fingerprint density at radius 1 is 1.00 bits per heavy atom. The third kappa shape index (κ3) is 5.00. The molecule has 0 aliphatic heterocycles. The first-order valence-electron chi connectivity index (χ1n) is 8.66. The fraction of sp³-hybridized carbons (Fsp3) is 0.400. The fourth-order valence-corrected chi connectivity index (χ4v) is 2.79. The molecule has 2 atom stereocenters. The molecule has 0 aliphatic carbocycles. The second-order valence-electron chi connectivity index (χ2n) is 6.13. The highest BCUT2D eigenvalue weighted by Crippen LogP contribution is 2.20. The zero-order valence-electron chi connectivity index (χ0n) is 15.0. The van der Waals surface area contributed by atoms with Gasteiger partial charge in [-0.25, -0.2) is 8.78 Å². The first-order chi connectivity index (χ1) is 12.0. The summed E-state index contributed by atoms with van der Waals surface area (Å²) in [5, 5.41) is 13.5. The number of halogens is 2. The van der Waals surface area contributed by atoms with E-state index in [1.54, 1.807) is 0 Å². The molecule has 0 aromatic heterocycles. The number of rotatable bonds is 8. The van der Waals surface area contributed by atoms with Crippen LogP contribution in [-0.4, -0.2) is 24.2 Å². The van der Waals surface area contributed by atoms with E-state index in [-0.39, 0.29) is 6.04 Å². The summed E-state index contributed by atoms with van der Waals surface area (Å²) in [6.07, 6.45) is -0.912. The second-order valence-corrected chi connectivity index (χ2v) is 6.13. The van der Waals surface area contributed by atoms with Crippen LogP contribution in [0.4, 0.5) is 14.5 Å². The quantitative estimate of drug-likeness (QED) is 0.756. The van der Waals surface area contributed by atoms with Crippen LogP contribution in [0.5, 0.6) is 0 Å². The number of aliphatic hydroxyl groups is 1. The van der Waals surface area contributed by atoms with Crippen LogP contribution in [0.15, 0.2) is 42.5 Å². The third-order valence-electron chi connectivity index (χ3n) is 4.45. The Morgan fingerprint density at radius 2 is 1.64 bits per heavy atom. The zero-order valence-corrected chi connectivity index (χ0v) is 15.0. The summed E-state index contributed by atoms with van der Waals surface area (Å²) >= 11 is 0. The van der Waals surface area contributed by atoms with Crippen LogP contribution in [0.1, 0.15) is 38.0 Å². The molecule has 136 valence electrons. The molecule has 0 fully saturated rings. The van der Waals surface area contributed by atoms with E-state index in [2.05, 4.69) is 48.3 Å². The van der Waals surface area contributed by atoms with Crippen LogP contribution < -0.4 is 10.2 Å². The van der Waals surface area contributed by atoms with Crippen molar-refractivity contribution in [2.75, 3.05) is 18.0 Å². The Bertz CT molecular complexity index is 672. The van der Waals surface area contributed by atoms with Gasteiger partial charge in [0.2, 0.25) is 0 Å². The van der Waals surface area contributed by atoms with Crippen molar-refractivity contribution in [2.45, 2.75) is 39.5 Å². The predicted molar refractivity (Wildman–Crippen MR) is 97.6 cm³/mol. The molecule has 2 aromatic carbocycles. The van der Waals surface area contributed by atoms with Gasteiger partial charge < -0.3 is 15.3 Å². The summed E-state index contributed by atoms with van der Waals surface area (Å²) in [5.74, 6) is -1.86. The molecule has 0 spiro atoms. The van der Waals surface area contributed by atoms with Gasteiger partial charge in [-0.15, -0.1) is 0 Å². The predicted octanol–water partition coefficient (Wildman–Crippen LogP) is 4.02. The van der Waals surface area contributed by atoms with E-state index in [1.165, 1.54) is 11.8 Å². The van der Waals surface area contributed by atoms with Gasteiger partial charge in [-0.3, -0.25) is 0 Å². The molecule has 0 bridgehead atoms. The molecule has 0 unspecified atom stereocenters. The van der Waals surface area contributed by atoms with Crippen molar-refractivity contribution in [3.63, 3.8) is 0 Å². The lowest BCUT2D eigenvalue weighted by Crippen LogP contribution is -2.31. The van der Waals surface area contributed by atoms with E-state index in [1.807, 2.05) is 6.92 Å². The number of hydrogen-bond acceptors (Lipinski definition) is 3. The maximum atomic E-state index is 13.3. The van der Waals surface area contributed by atoms with Crippen molar-refractivity contribution in [1.82, 2.24) is 5.32 Å². The van der Waals surface area contributed by atoms with E-state index < -0.39 is 17.7 Å². The first-order valence-corrected chi connectivity index (χ1v) is 8.66. The van der Waals surface area contributed by atoms with Crippen molar-refractivity contribution in [2.24, 2.45) is 0 Å². The number of anilines is 1.